The third-order valence-corrected chi connectivity index (χ3v) is 4.31. The van der Waals surface area contributed by atoms with Crippen LogP contribution in [0, 0.1) is 20.1 Å². The van der Waals surface area contributed by atoms with E-state index >= 15 is 0 Å². The molecular formula is C23H25N3O2. The van der Waals surface area contributed by atoms with Crippen molar-refractivity contribution in [3.63, 3.8) is 0 Å². The molecule has 0 spiro atoms. The van der Waals surface area contributed by atoms with E-state index in [-0.39, 0.29) is 5.82 Å². The molecule has 0 radical (unpaired) electrons. The number of methoxy groups -OCH3 is 1. The number of anilines is 1. The first-order valence-corrected chi connectivity index (χ1v) is 9.10. The third-order valence-electron chi connectivity index (χ3n) is 4.31. The molecule has 0 atom stereocenters. The van der Waals surface area contributed by atoms with E-state index in [0.717, 1.165) is 35.5 Å². The van der Waals surface area contributed by atoms with Crippen LogP contribution in [0.25, 0.3) is 15.8 Å². The molecule has 28 heavy (non-hydrogen) atoms. The normalized spacial score (nSPS) is 10.0. The summed E-state index contributed by atoms with van der Waals surface area (Å²) in [7, 11) is 1.69. The Balaban J connectivity index is 2.03. The zero-order chi connectivity index (χ0) is 20.2. The second-order valence-corrected chi connectivity index (χ2v) is 6.29. The lowest BCUT2D eigenvalue weighted by atomic mass is 10.1. The molecular weight excluding hydrogens is 350 g/mol. The zero-order valence-electron chi connectivity index (χ0n) is 16.4. The van der Waals surface area contributed by atoms with Crippen molar-refractivity contribution in [1.29, 1.82) is 0 Å². The average molecular weight is 375 g/mol. The Bertz CT molecular complexity index is 848. The number of rotatable bonds is 10. The second-order valence-electron chi connectivity index (χ2n) is 6.29. The Labute approximate surface area is 167 Å². The van der Waals surface area contributed by atoms with Crippen LogP contribution in [0.3, 0.4) is 0 Å². The van der Waals surface area contributed by atoms with Gasteiger partial charge in [0.1, 0.15) is 13.1 Å². The van der Waals surface area contributed by atoms with Crippen molar-refractivity contribution < 1.29 is 9.47 Å². The quantitative estimate of drug-likeness (QED) is 0.441. The third kappa shape index (κ3) is 6.55. The molecule has 0 aliphatic carbocycles. The molecule has 0 aromatic heterocycles. The van der Waals surface area contributed by atoms with Gasteiger partial charge in [-0.25, -0.2) is 0 Å². The summed E-state index contributed by atoms with van der Waals surface area (Å²) >= 11 is 0. The highest BCUT2D eigenvalue weighted by atomic mass is 16.5. The van der Waals surface area contributed by atoms with Crippen LogP contribution in [-0.2, 0) is 16.1 Å². The van der Waals surface area contributed by atoms with Crippen molar-refractivity contribution in [1.82, 2.24) is 0 Å². The molecule has 0 aliphatic heterocycles. The predicted molar refractivity (Wildman–Crippen MR) is 113 cm³/mol. The Hall–Kier alpha value is -3.12. The van der Waals surface area contributed by atoms with Crippen LogP contribution in [0.15, 0.2) is 54.4 Å². The Morgan fingerprint density at radius 2 is 1.75 bits per heavy atom. The van der Waals surface area contributed by atoms with Crippen molar-refractivity contribution in [2.45, 2.75) is 13.5 Å². The summed E-state index contributed by atoms with van der Waals surface area (Å²) in [5.41, 5.74) is 4.14. The molecule has 0 unspecified atom stereocenters. The highest BCUT2D eigenvalue weighted by Gasteiger charge is 2.10. The summed E-state index contributed by atoms with van der Waals surface area (Å²) in [5, 5.41) is 0. The fourth-order valence-corrected chi connectivity index (χ4v) is 2.76. The smallest absolute Gasteiger partial charge is 0.383 e. The number of aryl methyl sites for hydroxylation is 1. The maximum Gasteiger partial charge on any atom is 0.519 e. The van der Waals surface area contributed by atoms with Gasteiger partial charge in [-0.2, -0.15) is 9.69 Å². The molecule has 0 amide bonds. The molecule has 0 saturated carbocycles. The number of hydrogen-bond donors (Lipinski definition) is 0. The molecule has 0 saturated heterocycles. The molecule has 5 heteroatoms. The van der Waals surface area contributed by atoms with Gasteiger partial charge in [-0.15, -0.1) is 0 Å². The van der Waals surface area contributed by atoms with Gasteiger partial charge < -0.3 is 14.4 Å². The molecule has 0 bridgehead atoms. The van der Waals surface area contributed by atoms with Crippen LogP contribution in [0.4, 0.5) is 5.69 Å². The molecule has 0 fully saturated rings. The molecule has 144 valence electrons. The van der Waals surface area contributed by atoms with E-state index in [1.165, 1.54) is 0 Å². The van der Waals surface area contributed by atoms with Gasteiger partial charge in [0.25, 0.3) is 0 Å². The van der Waals surface area contributed by atoms with Gasteiger partial charge in [0.15, 0.2) is 0 Å². The number of ether oxygens (including phenoxy) is 2. The van der Waals surface area contributed by atoms with Gasteiger partial charge in [-0.3, -0.25) is 0 Å². The van der Waals surface area contributed by atoms with Crippen LogP contribution in [0.5, 0.6) is 0 Å². The molecule has 0 aliphatic rings. The largest absolute Gasteiger partial charge is 0.519 e. The summed E-state index contributed by atoms with van der Waals surface area (Å²) in [6.07, 6.45) is 1.63. The van der Waals surface area contributed by atoms with Crippen LogP contribution in [0.2, 0.25) is 0 Å². The van der Waals surface area contributed by atoms with Gasteiger partial charge in [-0.1, -0.05) is 36.4 Å². The van der Waals surface area contributed by atoms with Crippen molar-refractivity contribution in [2.24, 2.45) is 0 Å². The highest BCUT2D eigenvalue weighted by molar-refractivity contribution is 5.63. The molecule has 2 aromatic carbocycles. The fraction of sp³-hybridized carbons (Fsp3) is 0.304. The van der Waals surface area contributed by atoms with Crippen LogP contribution >= 0.6 is 0 Å². The second kappa shape index (κ2) is 11.6. The predicted octanol–water partition coefficient (Wildman–Crippen LogP) is 4.80. The Morgan fingerprint density at radius 3 is 2.39 bits per heavy atom. The lowest BCUT2D eigenvalue weighted by Gasteiger charge is -2.25. The molecule has 2 aromatic rings. The van der Waals surface area contributed by atoms with E-state index in [1.807, 2.05) is 37.3 Å². The Kier molecular flexibility index (Phi) is 8.75. The first-order valence-electron chi connectivity index (χ1n) is 9.10. The molecule has 2 rings (SSSR count). The van der Waals surface area contributed by atoms with Gasteiger partial charge in [0.2, 0.25) is 0 Å². The summed E-state index contributed by atoms with van der Waals surface area (Å²) < 4.78 is 11.1. The molecule has 0 heterocycles. The van der Waals surface area contributed by atoms with Crippen molar-refractivity contribution in [2.75, 3.05) is 38.3 Å². The first-order chi connectivity index (χ1) is 13.7. The maximum atomic E-state index is 7.03. The maximum absolute atomic E-state index is 7.03. The number of benzene rings is 2. The topological polar surface area (TPSA) is 30.4 Å². The fourth-order valence-electron chi connectivity index (χ4n) is 2.76. The monoisotopic (exact) mass is 375 g/mol. The van der Waals surface area contributed by atoms with Crippen LogP contribution in [-0.4, -0.2) is 33.4 Å². The summed E-state index contributed by atoms with van der Waals surface area (Å²) in [6, 6.07) is 16.2. The minimum absolute atomic E-state index is 0.0707. The van der Waals surface area contributed by atoms with E-state index in [2.05, 4.69) is 32.8 Å². The summed E-state index contributed by atoms with van der Waals surface area (Å²) in [6.45, 7) is 19.4. The van der Waals surface area contributed by atoms with Gasteiger partial charge in [-0.05, 0) is 35.7 Å². The highest BCUT2D eigenvalue weighted by Crippen LogP contribution is 2.22. The minimum atomic E-state index is 0.0707. The van der Waals surface area contributed by atoms with E-state index in [4.69, 9.17) is 22.6 Å². The van der Waals surface area contributed by atoms with Gasteiger partial charge >= 0.3 is 5.82 Å². The molecule has 5 nitrogen and oxygen atoms in total. The van der Waals surface area contributed by atoms with Gasteiger partial charge in [0, 0.05) is 32.0 Å². The summed E-state index contributed by atoms with van der Waals surface area (Å²) in [4.78, 5) is 8.68. The van der Waals surface area contributed by atoms with E-state index in [1.54, 1.807) is 13.2 Å². The lowest BCUT2D eigenvalue weighted by molar-refractivity contribution is 0.125. The molecule has 0 N–H and O–H groups in total. The SMILES string of the molecule is [C-]#[N+]C(=Cc1ccc(N(CCOC)CCOCc2ccccc2)cc1C)[N+]#[C-]. The first kappa shape index (κ1) is 21.2. The number of hydrogen-bond acceptors (Lipinski definition) is 3. The van der Waals surface area contributed by atoms with Crippen LogP contribution < -0.4 is 4.90 Å². The average Bonchev–Trinajstić information content (AvgIpc) is 2.73. The number of nitrogens with zero attached hydrogens (tertiary/aromatic N) is 3. The zero-order valence-corrected chi connectivity index (χ0v) is 16.4. The van der Waals surface area contributed by atoms with Crippen molar-refractivity contribution in [3.05, 3.63) is 93.9 Å². The minimum Gasteiger partial charge on any atom is -0.383 e. The lowest BCUT2D eigenvalue weighted by Crippen LogP contribution is -2.30. The van der Waals surface area contributed by atoms with Crippen molar-refractivity contribution >= 4 is 11.8 Å². The standard InChI is InChI=1S/C23H25N3O2/c1-19-16-22(11-10-21(19)17-23(24-2)25-3)26(12-14-27-4)13-15-28-18-20-8-6-5-7-9-20/h5-11,16-17H,12-15,18H2,1,4H3. The van der Waals surface area contributed by atoms with E-state index < -0.39 is 0 Å². The Morgan fingerprint density at radius 1 is 1.04 bits per heavy atom. The van der Waals surface area contributed by atoms with Crippen molar-refractivity contribution in [3.8, 4) is 0 Å². The van der Waals surface area contributed by atoms with Crippen LogP contribution in [0.1, 0.15) is 16.7 Å². The summed E-state index contributed by atoms with van der Waals surface area (Å²) in [5.74, 6) is 0.0707. The van der Waals surface area contributed by atoms with Gasteiger partial charge in [0.05, 0.1) is 19.8 Å². The van der Waals surface area contributed by atoms with E-state index in [9.17, 15) is 0 Å². The van der Waals surface area contributed by atoms with E-state index in [0.29, 0.717) is 19.8 Å².